The molecule has 2 aliphatic rings. The fourth-order valence-electron chi connectivity index (χ4n) is 4.31. The highest BCUT2D eigenvalue weighted by Crippen LogP contribution is 2.26. The van der Waals surface area contributed by atoms with E-state index in [9.17, 15) is 4.79 Å². The number of fused-ring (bicyclic) bond motifs is 1. The Morgan fingerprint density at radius 3 is 2.81 bits per heavy atom. The third-order valence-corrected chi connectivity index (χ3v) is 6.01. The molecule has 6 heteroatoms. The molecule has 4 rings (SSSR count). The lowest BCUT2D eigenvalue weighted by atomic mass is 10.1. The van der Waals surface area contributed by atoms with E-state index >= 15 is 0 Å². The average molecular weight is 370 g/mol. The molecular weight excluding hydrogens is 340 g/mol. The molecule has 0 unspecified atom stereocenters. The van der Waals surface area contributed by atoms with E-state index in [0.717, 1.165) is 37.4 Å². The van der Waals surface area contributed by atoms with Gasteiger partial charge in [-0.25, -0.2) is 0 Å². The van der Waals surface area contributed by atoms with Crippen molar-refractivity contribution < 1.29 is 9.21 Å². The summed E-state index contributed by atoms with van der Waals surface area (Å²) in [4.78, 5) is 15.0. The van der Waals surface area contributed by atoms with Crippen LogP contribution >= 0.6 is 0 Å². The second-order valence-corrected chi connectivity index (χ2v) is 7.85. The Kier molecular flexibility index (Phi) is 5.62. The van der Waals surface area contributed by atoms with Gasteiger partial charge in [-0.2, -0.15) is 5.10 Å². The van der Waals surface area contributed by atoms with Crippen molar-refractivity contribution in [2.45, 2.75) is 70.9 Å². The zero-order chi connectivity index (χ0) is 18.6. The lowest BCUT2D eigenvalue weighted by molar-refractivity contribution is 0.0913. The van der Waals surface area contributed by atoms with Crippen molar-refractivity contribution in [1.82, 2.24) is 20.4 Å². The van der Waals surface area contributed by atoms with Crippen molar-refractivity contribution >= 4 is 5.91 Å². The van der Waals surface area contributed by atoms with Gasteiger partial charge in [0.1, 0.15) is 5.76 Å². The zero-order valence-electron chi connectivity index (χ0n) is 16.2. The number of hydrogen-bond donors (Lipinski definition) is 2. The first kappa shape index (κ1) is 18.3. The monoisotopic (exact) mass is 370 g/mol. The summed E-state index contributed by atoms with van der Waals surface area (Å²) in [6, 6.07) is 3.94. The highest BCUT2D eigenvalue weighted by molar-refractivity contribution is 5.91. The number of furan rings is 1. The number of nitrogens with one attached hydrogen (secondary N) is 2. The molecule has 2 aromatic rings. The Bertz CT molecular complexity index is 773. The number of aromatic nitrogens is 2. The standard InChI is InChI=1S/C21H30N4O2/c1-15(25-12-6-3-7-13-25)19-10-11-20(27-19)21(26)22-14-18-16-8-4-2-5-9-17(16)23-24-18/h10-11,15H,2-9,12-14H2,1H3,(H,22,26)(H,23,24)/t15-/m0/s1. The van der Waals surface area contributed by atoms with Gasteiger partial charge in [-0.3, -0.25) is 14.8 Å². The SMILES string of the molecule is C[C@@H](c1ccc(C(=O)NCc2n[nH]c3c2CCCCC3)o1)N1CCCCC1. The molecule has 1 amide bonds. The summed E-state index contributed by atoms with van der Waals surface area (Å²) in [6.45, 7) is 4.81. The summed E-state index contributed by atoms with van der Waals surface area (Å²) < 4.78 is 5.88. The predicted molar refractivity (Wildman–Crippen MR) is 104 cm³/mol. The summed E-state index contributed by atoms with van der Waals surface area (Å²) >= 11 is 0. The number of nitrogens with zero attached hydrogens (tertiary/aromatic N) is 2. The number of hydrogen-bond acceptors (Lipinski definition) is 4. The van der Waals surface area contributed by atoms with E-state index in [1.165, 1.54) is 49.8 Å². The molecule has 2 aromatic heterocycles. The maximum Gasteiger partial charge on any atom is 0.287 e. The maximum atomic E-state index is 12.5. The second kappa shape index (κ2) is 8.30. The molecular formula is C21H30N4O2. The molecule has 0 aromatic carbocycles. The summed E-state index contributed by atoms with van der Waals surface area (Å²) in [7, 11) is 0. The van der Waals surface area contributed by atoms with Crippen LogP contribution in [0, 0.1) is 0 Å². The van der Waals surface area contributed by atoms with Crippen LogP contribution in [0.25, 0.3) is 0 Å². The van der Waals surface area contributed by atoms with Crippen molar-refractivity contribution in [3.05, 3.63) is 40.6 Å². The lowest BCUT2D eigenvalue weighted by Gasteiger charge is -2.31. The number of rotatable bonds is 5. The van der Waals surface area contributed by atoms with Gasteiger partial charge in [-0.1, -0.05) is 12.8 Å². The summed E-state index contributed by atoms with van der Waals surface area (Å²) in [5, 5.41) is 10.6. The van der Waals surface area contributed by atoms with Crippen LogP contribution in [-0.2, 0) is 19.4 Å². The Morgan fingerprint density at radius 1 is 1.19 bits per heavy atom. The van der Waals surface area contributed by atoms with E-state index < -0.39 is 0 Å². The first-order valence-corrected chi connectivity index (χ1v) is 10.4. The molecule has 0 radical (unpaired) electrons. The third kappa shape index (κ3) is 4.10. The zero-order valence-corrected chi connectivity index (χ0v) is 16.2. The Labute approximate surface area is 160 Å². The molecule has 1 aliphatic heterocycles. The van der Waals surface area contributed by atoms with Gasteiger partial charge >= 0.3 is 0 Å². The van der Waals surface area contributed by atoms with E-state index in [1.54, 1.807) is 6.07 Å². The molecule has 3 heterocycles. The lowest BCUT2D eigenvalue weighted by Crippen LogP contribution is -2.32. The van der Waals surface area contributed by atoms with Crippen LogP contribution in [0.2, 0.25) is 0 Å². The van der Waals surface area contributed by atoms with Crippen LogP contribution in [-0.4, -0.2) is 34.1 Å². The number of aromatic amines is 1. The molecule has 1 saturated heterocycles. The normalized spacial score (nSPS) is 19.3. The van der Waals surface area contributed by atoms with Gasteiger partial charge in [-0.05, 0) is 76.2 Å². The van der Waals surface area contributed by atoms with E-state index in [2.05, 4.69) is 27.3 Å². The van der Waals surface area contributed by atoms with Crippen molar-refractivity contribution in [1.29, 1.82) is 0 Å². The van der Waals surface area contributed by atoms with Crippen LogP contribution in [0.4, 0.5) is 0 Å². The highest BCUT2D eigenvalue weighted by Gasteiger charge is 2.22. The Hall–Kier alpha value is -2.08. The molecule has 27 heavy (non-hydrogen) atoms. The smallest absolute Gasteiger partial charge is 0.287 e. The molecule has 2 N–H and O–H groups in total. The fraction of sp³-hybridized carbons (Fsp3) is 0.619. The minimum absolute atomic E-state index is 0.169. The minimum Gasteiger partial charge on any atom is -0.454 e. The number of likely N-dealkylation sites (tertiary alicyclic amines) is 1. The van der Waals surface area contributed by atoms with Crippen LogP contribution in [0.1, 0.15) is 84.8 Å². The van der Waals surface area contributed by atoms with Crippen molar-refractivity contribution in [3.8, 4) is 0 Å². The molecule has 1 atom stereocenters. The molecule has 1 fully saturated rings. The number of piperidine rings is 1. The number of H-pyrrole nitrogens is 1. The third-order valence-electron chi connectivity index (χ3n) is 6.01. The second-order valence-electron chi connectivity index (χ2n) is 7.85. The number of aryl methyl sites for hydroxylation is 1. The average Bonchev–Trinajstić information content (AvgIpc) is 3.28. The Morgan fingerprint density at radius 2 is 1.96 bits per heavy atom. The number of amides is 1. The van der Waals surface area contributed by atoms with Gasteiger partial charge in [0, 0.05) is 5.69 Å². The highest BCUT2D eigenvalue weighted by atomic mass is 16.4. The molecule has 0 saturated carbocycles. The van der Waals surface area contributed by atoms with E-state index in [0.29, 0.717) is 12.3 Å². The fourth-order valence-corrected chi connectivity index (χ4v) is 4.31. The van der Waals surface area contributed by atoms with Crippen molar-refractivity contribution in [3.63, 3.8) is 0 Å². The van der Waals surface area contributed by atoms with Crippen LogP contribution < -0.4 is 5.32 Å². The maximum absolute atomic E-state index is 12.5. The van der Waals surface area contributed by atoms with Crippen LogP contribution in [0.15, 0.2) is 16.5 Å². The largest absolute Gasteiger partial charge is 0.454 e. The summed E-state index contributed by atoms with van der Waals surface area (Å²) in [5.41, 5.74) is 3.51. The van der Waals surface area contributed by atoms with Crippen LogP contribution in [0.5, 0.6) is 0 Å². The van der Waals surface area contributed by atoms with Crippen molar-refractivity contribution in [2.75, 3.05) is 13.1 Å². The summed E-state index contributed by atoms with van der Waals surface area (Å²) in [6.07, 6.45) is 9.58. The molecule has 6 nitrogen and oxygen atoms in total. The van der Waals surface area contributed by atoms with Gasteiger partial charge in [-0.15, -0.1) is 0 Å². The van der Waals surface area contributed by atoms with Gasteiger partial charge in [0.2, 0.25) is 0 Å². The van der Waals surface area contributed by atoms with E-state index in [-0.39, 0.29) is 11.9 Å². The molecule has 1 aliphatic carbocycles. The Balaban J connectivity index is 1.36. The van der Waals surface area contributed by atoms with E-state index in [1.807, 2.05) is 6.07 Å². The van der Waals surface area contributed by atoms with Gasteiger partial charge < -0.3 is 9.73 Å². The predicted octanol–water partition coefficient (Wildman–Crippen LogP) is 3.75. The van der Waals surface area contributed by atoms with Gasteiger partial charge in [0.15, 0.2) is 5.76 Å². The number of carbonyl (C=O) groups excluding carboxylic acids is 1. The first-order valence-electron chi connectivity index (χ1n) is 10.4. The quantitative estimate of drug-likeness (QED) is 0.786. The van der Waals surface area contributed by atoms with Crippen LogP contribution in [0.3, 0.4) is 0 Å². The minimum atomic E-state index is -0.169. The van der Waals surface area contributed by atoms with E-state index in [4.69, 9.17) is 4.42 Å². The first-order chi connectivity index (χ1) is 13.2. The van der Waals surface area contributed by atoms with Gasteiger partial charge in [0.25, 0.3) is 5.91 Å². The number of carbonyl (C=O) groups is 1. The summed E-state index contributed by atoms with van der Waals surface area (Å²) in [5.74, 6) is 1.09. The molecule has 146 valence electrons. The van der Waals surface area contributed by atoms with Gasteiger partial charge in [0.05, 0.1) is 18.3 Å². The van der Waals surface area contributed by atoms with Crippen molar-refractivity contribution in [2.24, 2.45) is 0 Å². The topological polar surface area (TPSA) is 74.2 Å². The molecule has 0 spiro atoms. The molecule has 0 bridgehead atoms.